The van der Waals surface area contributed by atoms with Gasteiger partial charge < -0.3 is 15.1 Å². The van der Waals surface area contributed by atoms with Crippen LogP contribution in [-0.4, -0.2) is 53.7 Å². The minimum atomic E-state index is -0.746. The Morgan fingerprint density at radius 3 is 2.09 bits per heavy atom. The molecule has 0 aromatic heterocycles. The molecule has 0 spiro atoms. The fourth-order valence-corrected chi connectivity index (χ4v) is 3.77. The molecular formula is C25H30FN3O3. The van der Waals surface area contributed by atoms with E-state index in [1.54, 1.807) is 21.9 Å². The average molecular weight is 440 g/mol. The number of rotatable bonds is 7. The van der Waals surface area contributed by atoms with Gasteiger partial charge in [-0.1, -0.05) is 56.3 Å². The predicted molar refractivity (Wildman–Crippen MR) is 120 cm³/mol. The average Bonchev–Trinajstić information content (AvgIpc) is 2.79. The summed E-state index contributed by atoms with van der Waals surface area (Å²) in [4.78, 5) is 41.7. The highest BCUT2D eigenvalue weighted by Crippen LogP contribution is 2.18. The number of carbonyl (C=O) groups is 3. The van der Waals surface area contributed by atoms with Gasteiger partial charge in [0.15, 0.2) is 0 Å². The van der Waals surface area contributed by atoms with E-state index in [2.05, 4.69) is 5.32 Å². The van der Waals surface area contributed by atoms with Gasteiger partial charge in [-0.05, 0) is 29.2 Å². The molecule has 2 aromatic carbocycles. The maximum Gasteiger partial charge on any atom is 0.249 e. The van der Waals surface area contributed by atoms with Gasteiger partial charge in [-0.15, -0.1) is 0 Å². The van der Waals surface area contributed by atoms with Crippen molar-refractivity contribution >= 4 is 17.7 Å². The molecule has 0 radical (unpaired) electrons. The normalized spacial score (nSPS) is 14.9. The van der Waals surface area contributed by atoms with Gasteiger partial charge in [0.05, 0.1) is 6.42 Å². The van der Waals surface area contributed by atoms with Gasteiger partial charge in [0.2, 0.25) is 17.7 Å². The number of hydrogen-bond acceptors (Lipinski definition) is 3. The van der Waals surface area contributed by atoms with E-state index in [0.29, 0.717) is 32.6 Å². The first-order valence-electron chi connectivity index (χ1n) is 11.0. The van der Waals surface area contributed by atoms with E-state index in [9.17, 15) is 18.8 Å². The molecule has 32 heavy (non-hydrogen) atoms. The summed E-state index contributed by atoms with van der Waals surface area (Å²) in [5, 5.41) is 2.89. The Kier molecular flexibility index (Phi) is 7.98. The second-order valence-corrected chi connectivity index (χ2v) is 8.52. The zero-order chi connectivity index (χ0) is 23.1. The highest BCUT2D eigenvalue weighted by Gasteiger charge is 2.31. The first-order chi connectivity index (χ1) is 15.3. The largest absolute Gasteiger partial charge is 0.341 e. The number of nitrogens with zero attached hydrogens (tertiary/aromatic N) is 2. The van der Waals surface area contributed by atoms with E-state index in [1.165, 1.54) is 12.1 Å². The molecule has 3 amide bonds. The number of piperazine rings is 1. The molecule has 1 unspecified atom stereocenters. The van der Waals surface area contributed by atoms with Crippen molar-refractivity contribution in [1.29, 1.82) is 0 Å². The molecule has 170 valence electrons. The number of amides is 3. The van der Waals surface area contributed by atoms with Crippen molar-refractivity contribution in [2.24, 2.45) is 5.92 Å². The van der Waals surface area contributed by atoms with E-state index in [0.717, 1.165) is 11.1 Å². The Hall–Kier alpha value is -3.22. The summed E-state index contributed by atoms with van der Waals surface area (Å²) in [6.45, 7) is 5.57. The number of carbonyl (C=O) groups excluding carboxylic acids is 3. The van der Waals surface area contributed by atoms with Crippen LogP contribution in [0.3, 0.4) is 0 Å². The first kappa shape index (κ1) is 23.4. The molecule has 2 aromatic rings. The van der Waals surface area contributed by atoms with Crippen LogP contribution >= 0.6 is 0 Å². The minimum Gasteiger partial charge on any atom is -0.341 e. The molecule has 1 aliphatic rings. The summed E-state index contributed by atoms with van der Waals surface area (Å²) in [5.74, 6) is -0.512. The van der Waals surface area contributed by atoms with Crippen LogP contribution in [0, 0.1) is 11.7 Å². The van der Waals surface area contributed by atoms with Crippen LogP contribution in [0.2, 0.25) is 0 Å². The summed E-state index contributed by atoms with van der Waals surface area (Å²) in [5.41, 5.74) is 1.50. The van der Waals surface area contributed by atoms with Crippen LogP contribution in [0.5, 0.6) is 0 Å². The smallest absolute Gasteiger partial charge is 0.249 e. The third kappa shape index (κ3) is 6.39. The summed E-state index contributed by atoms with van der Waals surface area (Å²) in [6, 6.07) is 14.4. The molecule has 6 nitrogen and oxygen atoms in total. The molecular weight excluding hydrogens is 409 g/mol. The topological polar surface area (TPSA) is 69.7 Å². The number of benzene rings is 2. The van der Waals surface area contributed by atoms with Crippen LogP contribution in [0.1, 0.15) is 37.4 Å². The molecule has 0 aliphatic carbocycles. The maximum atomic E-state index is 13.3. The Bertz CT molecular complexity index is 923. The summed E-state index contributed by atoms with van der Waals surface area (Å²) >= 11 is 0. The van der Waals surface area contributed by atoms with E-state index in [-0.39, 0.29) is 35.9 Å². The van der Waals surface area contributed by atoms with Crippen molar-refractivity contribution < 1.29 is 18.8 Å². The molecule has 1 aliphatic heterocycles. The number of hydrogen-bond donors (Lipinski definition) is 1. The molecule has 0 bridgehead atoms. The quantitative estimate of drug-likeness (QED) is 0.721. The van der Waals surface area contributed by atoms with Crippen molar-refractivity contribution in [1.82, 2.24) is 15.1 Å². The molecule has 3 rings (SSSR count). The Balaban J connectivity index is 1.61. The zero-order valence-corrected chi connectivity index (χ0v) is 18.6. The Morgan fingerprint density at radius 2 is 1.50 bits per heavy atom. The fraction of sp³-hybridized carbons (Fsp3) is 0.400. The third-order valence-electron chi connectivity index (χ3n) is 5.49. The van der Waals surface area contributed by atoms with Gasteiger partial charge in [-0.25, -0.2) is 4.39 Å². The summed E-state index contributed by atoms with van der Waals surface area (Å²) in [7, 11) is 0. The highest BCUT2D eigenvalue weighted by atomic mass is 19.1. The lowest BCUT2D eigenvalue weighted by molar-refractivity contribution is -0.141. The number of nitrogens with one attached hydrogen (secondary N) is 1. The second kappa shape index (κ2) is 10.9. The van der Waals surface area contributed by atoms with E-state index in [4.69, 9.17) is 0 Å². The van der Waals surface area contributed by atoms with Gasteiger partial charge in [0.1, 0.15) is 11.9 Å². The summed E-state index contributed by atoms with van der Waals surface area (Å²) in [6.07, 6.45) is 0.550. The van der Waals surface area contributed by atoms with Crippen molar-refractivity contribution in [3.63, 3.8) is 0 Å². The SMILES string of the molecule is CC(C)CC(=O)NC(C(=O)N1CCN(C(=O)Cc2ccc(F)cc2)CC1)c1ccccc1. The van der Waals surface area contributed by atoms with Crippen molar-refractivity contribution in [2.45, 2.75) is 32.7 Å². The molecule has 1 heterocycles. The van der Waals surface area contributed by atoms with Crippen LogP contribution < -0.4 is 5.32 Å². The van der Waals surface area contributed by atoms with Gasteiger partial charge >= 0.3 is 0 Å². The standard InChI is InChI=1S/C25H30FN3O3/c1-18(2)16-22(30)27-24(20-6-4-3-5-7-20)25(32)29-14-12-28(13-15-29)23(31)17-19-8-10-21(26)11-9-19/h3-11,18,24H,12-17H2,1-2H3,(H,27,30). The first-order valence-corrected chi connectivity index (χ1v) is 11.0. The fourth-order valence-electron chi connectivity index (χ4n) is 3.77. The Labute approximate surface area is 188 Å². The lowest BCUT2D eigenvalue weighted by Gasteiger charge is -2.36. The van der Waals surface area contributed by atoms with E-state index in [1.807, 2.05) is 44.2 Å². The number of halogens is 1. The minimum absolute atomic E-state index is 0.0476. The Morgan fingerprint density at radius 1 is 0.906 bits per heavy atom. The van der Waals surface area contributed by atoms with Gasteiger partial charge in [0.25, 0.3) is 0 Å². The van der Waals surface area contributed by atoms with Crippen molar-refractivity contribution in [3.8, 4) is 0 Å². The molecule has 7 heteroatoms. The van der Waals surface area contributed by atoms with Gasteiger partial charge in [0, 0.05) is 32.6 Å². The maximum absolute atomic E-state index is 13.3. The van der Waals surface area contributed by atoms with Gasteiger partial charge in [-0.3, -0.25) is 14.4 Å². The zero-order valence-electron chi connectivity index (χ0n) is 18.6. The van der Waals surface area contributed by atoms with Crippen LogP contribution in [0.4, 0.5) is 4.39 Å². The van der Waals surface area contributed by atoms with Crippen molar-refractivity contribution in [3.05, 3.63) is 71.5 Å². The lowest BCUT2D eigenvalue weighted by Crippen LogP contribution is -2.53. The van der Waals surface area contributed by atoms with E-state index >= 15 is 0 Å². The lowest BCUT2D eigenvalue weighted by atomic mass is 10.0. The monoisotopic (exact) mass is 439 g/mol. The molecule has 1 atom stereocenters. The molecule has 1 fully saturated rings. The predicted octanol–water partition coefficient (Wildman–Crippen LogP) is 2.94. The van der Waals surface area contributed by atoms with Crippen LogP contribution in [-0.2, 0) is 20.8 Å². The molecule has 1 saturated heterocycles. The molecule has 1 N–H and O–H groups in total. The highest BCUT2D eigenvalue weighted by molar-refractivity contribution is 5.89. The third-order valence-corrected chi connectivity index (χ3v) is 5.49. The van der Waals surface area contributed by atoms with Crippen LogP contribution in [0.15, 0.2) is 54.6 Å². The summed E-state index contributed by atoms with van der Waals surface area (Å²) < 4.78 is 13.1. The second-order valence-electron chi connectivity index (χ2n) is 8.52. The molecule has 0 saturated carbocycles. The van der Waals surface area contributed by atoms with Crippen LogP contribution in [0.25, 0.3) is 0 Å². The van der Waals surface area contributed by atoms with Crippen molar-refractivity contribution in [2.75, 3.05) is 26.2 Å². The van der Waals surface area contributed by atoms with Gasteiger partial charge in [-0.2, -0.15) is 0 Å². The van der Waals surface area contributed by atoms with E-state index < -0.39 is 6.04 Å².